The van der Waals surface area contributed by atoms with E-state index in [1.54, 1.807) is 12.1 Å². The molecule has 0 bridgehead atoms. The summed E-state index contributed by atoms with van der Waals surface area (Å²) in [6.45, 7) is 0.176. The lowest BCUT2D eigenvalue weighted by Crippen LogP contribution is -2.36. The van der Waals surface area contributed by atoms with Crippen LogP contribution < -0.4 is 10.6 Å². The Morgan fingerprint density at radius 2 is 1.57 bits per heavy atom. The Balaban J connectivity index is 1.81. The average molecular weight is 322 g/mol. The van der Waals surface area contributed by atoms with Crippen molar-refractivity contribution in [3.05, 3.63) is 65.5 Å². The van der Waals surface area contributed by atoms with Crippen LogP contribution in [0.1, 0.15) is 5.56 Å². The number of benzene rings is 2. The third kappa shape index (κ3) is 4.84. The lowest BCUT2D eigenvalue weighted by molar-refractivity contribution is -0.136. The minimum Gasteiger partial charge on any atom is -0.347 e. The fourth-order valence-corrected chi connectivity index (χ4v) is 1.81. The molecular weight excluding hydrogens is 309 g/mol. The lowest BCUT2D eigenvalue weighted by atomic mass is 10.1. The first-order chi connectivity index (χ1) is 11.0. The van der Waals surface area contributed by atoms with Crippen molar-refractivity contribution >= 4 is 17.5 Å². The molecule has 0 saturated carbocycles. The molecule has 2 aromatic rings. The van der Waals surface area contributed by atoms with Gasteiger partial charge in [0.05, 0.1) is 0 Å². The minimum absolute atomic E-state index is 0.0254. The highest BCUT2D eigenvalue weighted by Gasteiger charge is 2.14. The van der Waals surface area contributed by atoms with Crippen molar-refractivity contribution in [3.63, 3.8) is 0 Å². The normalized spacial score (nSPS) is 10.2. The van der Waals surface area contributed by atoms with Crippen molar-refractivity contribution in [1.82, 2.24) is 5.32 Å². The largest absolute Gasteiger partial charge is 0.347 e. The van der Waals surface area contributed by atoms with E-state index in [0.717, 1.165) is 23.8 Å². The molecule has 2 N–H and O–H groups in total. The number of nitrogens with one attached hydrogen (secondary N) is 2. The van der Waals surface area contributed by atoms with Gasteiger partial charge in [-0.15, -0.1) is 0 Å². The molecule has 2 amide bonds. The molecule has 7 heteroatoms. The minimum atomic E-state index is -1.13. The van der Waals surface area contributed by atoms with Gasteiger partial charge < -0.3 is 10.6 Å². The van der Waals surface area contributed by atoms with Crippen LogP contribution >= 0.6 is 0 Å². The standard InChI is InChI=1S/C16H13F3N2O2/c17-11-3-1-10(2-4-11)7-8-20-15(22)16(23)21-12-5-6-13(18)14(19)9-12/h1-6,9H,7-8H2,(H,20,22)(H,21,23). The van der Waals surface area contributed by atoms with Gasteiger partial charge in [0.25, 0.3) is 0 Å². The first-order valence-electron chi connectivity index (χ1n) is 6.74. The number of hydrogen-bond acceptors (Lipinski definition) is 2. The van der Waals surface area contributed by atoms with E-state index in [1.807, 2.05) is 0 Å². The molecule has 0 unspecified atom stereocenters. The first-order valence-corrected chi connectivity index (χ1v) is 6.74. The molecule has 2 aromatic carbocycles. The van der Waals surface area contributed by atoms with Crippen LogP contribution in [0.15, 0.2) is 42.5 Å². The van der Waals surface area contributed by atoms with Crippen LogP contribution in [0, 0.1) is 17.5 Å². The van der Waals surface area contributed by atoms with Crippen LogP contribution in [0.5, 0.6) is 0 Å². The third-order valence-electron chi connectivity index (χ3n) is 3.00. The van der Waals surface area contributed by atoms with Crippen molar-refractivity contribution in [3.8, 4) is 0 Å². The van der Waals surface area contributed by atoms with Gasteiger partial charge in [-0.3, -0.25) is 9.59 Å². The Bertz CT molecular complexity index is 718. The molecule has 2 rings (SSSR count). The fourth-order valence-electron chi connectivity index (χ4n) is 1.81. The molecule has 0 fully saturated rings. The first kappa shape index (κ1) is 16.5. The molecule has 0 aromatic heterocycles. The van der Waals surface area contributed by atoms with E-state index in [4.69, 9.17) is 0 Å². The van der Waals surface area contributed by atoms with Crippen LogP contribution in [0.4, 0.5) is 18.9 Å². The summed E-state index contributed by atoms with van der Waals surface area (Å²) in [5.41, 5.74) is 0.773. The molecule has 0 saturated heterocycles. The Morgan fingerprint density at radius 1 is 0.870 bits per heavy atom. The van der Waals surface area contributed by atoms with Gasteiger partial charge in [0, 0.05) is 18.3 Å². The summed E-state index contributed by atoms with van der Waals surface area (Å²) >= 11 is 0. The molecule has 0 aliphatic carbocycles. The summed E-state index contributed by atoms with van der Waals surface area (Å²) < 4.78 is 38.5. The van der Waals surface area contributed by atoms with Gasteiger partial charge in [0.2, 0.25) is 0 Å². The molecule has 0 radical (unpaired) electrons. The van der Waals surface area contributed by atoms with E-state index < -0.39 is 23.4 Å². The maximum absolute atomic E-state index is 13.0. The quantitative estimate of drug-likeness (QED) is 0.849. The molecule has 0 spiro atoms. The molecule has 4 nitrogen and oxygen atoms in total. The van der Waals surface area contributed by atoms with Crippen LogP contribution in [-0.4, -0.2) is 18.4 Å². The number of amides is 2. The smallest absolute Gasteiger partial charge is 0.313 e. The summed E-state index contributed by atoms with van der Waals surface area (Å²) in [5.74, 6) is -4.43. The zero-order valence-corrected chi connectivity index (χ0v) is 11.9. The van der Waals surface area contributed by atoms with Gasteiger partial charge in [0.15, 0.2) is 11.6 Å². The number of hydrogen-bond donors (Lipinski definition) is 2. The van der Waals surface area contributed by atoms with Crippen LogP contribution in [-0.2, 0) is 16.0 Å². The van der Waals surface area contributed by atoms with Gasteiger partial charge in [-0.25, -0.2) is 13.2 Å². The summed E-state index contributed by atoms with van der Waals surface area (Å²) in [7, 11) is 0. The number of carbonyl (C=O) groups excluding carboxylic acids is 2. The second kappa shape index (κ2) is 7.44. The summed E-state index contributed by atoms with van der Waals surface area (Å²) in [5, 5.41) is 4.54. The van der Waals surface area contributed by atoms with Crippen LogP contribution in [0.25, 0.3) is 0 Å². The van der Waals surface area contributed by atoms with E-state index in [1.165, 1.54) is 12.1 Å². The molecule has 23 heavy (non-hydrogen) atoms. The van der Waals surface area contributed by atoms with Gasteiger partial charge in [-0.1, -0.05) is 12.1 Å². The van der Waals surface area contributed by atoms with Gasteiger partial charge in [0.1, 0.15) is 5.82 Å². The zero-order valence-electron chi connectivity index (χ0n) is 11.9. The lowest BCUT2D eigenvalue weighted by Gasteiger charge is -2.07. The van der Waals surface area contributed by atoms with Crippen molar-refractivity contribution in [2.45, 2.75) is 6.42 Å². The van der Waals surface area contributed by atoms with E-state index >= 15 is 0 Å². The predicted molar refractivity (Wildman–Crippen MR) is 78.1 cm³/mol. The van der Waals surface area contributed by atoms with E-state index in [-0.39, 0.29) is 18.0 Å². The number of rotatable bonds is 4. The predicted octanol–water partition coefficient (Wildman–Crippen LogP) is 2.40. The number of halogens is 3. The van der Waals surface area contributed by atoms with Crippen molar-refractivity contribution in [2.75, 3.05) is 11.9 Å². The van der Waals surface area contributed by atoms with Crippen LogP contribution in [0.2, 0.25) is 0 Å². The van der Waals surface area contributed by atoms with Crippen molar-refractivity contribution < 1.29 is 22.8 Å². The Morgan fingerprint density at radius 3 is 2.22 bits per heavy atom. The zero-order chi connectivity index (χ0) is 16.8. The van der Waals surface area contributed by atoms with Gasteiger partial charge in [-0.05, 0) is 36.2 Å². The van der Waals surface area contributed by atoms with E-state index in [2.05, 4.69) is 10.6 Å². The van der Waals surface area contributed by atoms with Crippen LogP contribution in [0.3, 0.4) is 0 Å². The van der Waals surface area contributed by atoms with Gasteiger partial charge in [-0.2, -0.15) is 0 Å². The van der Waals surface area contributed by atoms with Gasteiger partial charge >= 0.3 is 11.8 Å². The Kier molecular flexibility index (Phi) is 5.35. The topological polar surface area (TPSA) is 58.2 Å². The molecule has 120 valence electrons. The highest BCUT2D eigenvalue weighted by atomic mass is 19.2. The highest BCUT2D eigenvalue weighted by molar-refractivity contribution is 6.39. The highest BCUT2D eigenvalue weighted by Crippen LogP contribution is 2.12. The SMILES string of the molecule is O=C(NCCc1ccc(F)cc1)C(=O)Nc1ccc(F)c(F)c1. The molecule has 0 aliphatic heterocycles. The Hall–Kier alpha value is -2.83. The summed E-state index contributed by atoms with van der Waals surface area (Å²) in [6, 6.07) is 8.50. The van der Waals surface area contributed by atoms with E-state index in [0.29, 0.717) is 6.42 Å². The summed E-state index contributed by atoms with van der Waals surface area (Å²) in [4.78, 5) is 23.2. The van der Waals surface area contributed by atoms with E-state index in [9.17, 15) is 22.8 Å². The molecule has 0 heterocycles. The van der Waals surface area contributed by atoms with Crippen molar-refractivity contribution in [2.24, 2.45) is 0 Å². The fraction of sp³-hybridized carbons (Fsp3) is 0.125. The molecule has 0 aliphatic rings. The second-order valence-electron chi connectivity index (χ2n) is 4.72. The maximum atomic E-state index is 13.0. The monoisotopic (exact) mass is 322 g/mol. The van der Waals surface area contributed by atoms with Crippen molar-refractivity contribution in [1.29, 1.82) is 0 Å². The average Bonchev–Trinajstić information content (AvgIpc) is 2.52. The maximum Gasteiger partial charge on any atom is 0.313 e. The number of anilines is 1. The molecular formula is C16H13F3N2O2. The Labute approximate surface area is 130 Å². The summed E-state index contributed by atoms with van der Waals surface area (Å²) in [6.07, 6.45) is 0.421. The molecule has 0 atom stereocenters. The third-order valence-corrected chi connectivity index (χ3v) is 3.00. The number of carbonyl (C=O) groups is 2. The second-order valence-corrected chi connectivity index (χ2v) is 4.72.